The van der Waals surface area contributed by atoms with Crippen LogP contribution in [-0.2, 0) is 9.53 Å². The predicted molar refractivity (Wildman–Crippen MR) is 97.0 cm³/mol. The monoisotopic (exact) mass is 377 g/mol. The summed E-state index contributed by atoms with van der Waals surface area (Å²) in [6.07, 6.45) is 0. The molecule has 0 heterocycles. The van der Waals surface area contributed by atoms with Crippen LogP contribution in [-0.4, -0.2) is 19.7 Å². The van der Waals surface area contributed by atoms with Crippen LogP contribution in [0.5, 0.6) is 5.75 Å². The fourth-order valence-electron chi connectivity index (χ4n) is 2.61. The van der Waals surface area contributed by atoms with Gasteiger partial charge in [0.1, 0.15) is 5.75 Å². The summed E-state index contributed by atoms with van der Waals surface area (Å²) in [6, 6.07) is 14.3. The van der Waals surface area contributed by atoms with E-state index in [9.17, 15) is 10.1 Å². The van der Waals surface area contributed by atoms with E-state index in [0.29, 0.717) is 21.4 Å². The summed E-state index contributed by atoms with van der Waals surface area (Å²) < 4.78 is 10.3. The van der Waals surface area contributed by atoms with E-state index in [2.05, 4.69) is 6.07 Å². The summed E-state index contributed by atoms with van der Waals surface area (Å²) in [5, 5.41) is 10.4. The standard InChI is InChI=1S/C19H17Cl2NO3/c1-3-25-19(23)15(11-22)18(12-5-4-6-14(9-12)24-2)13-7-8-16(20)17(21)10-13/h4-10,15,18H,3H2,1-2H3/t15-,18-/m1/s1. The summed E-state index contributed by atoms with van der Waals surface area (Å²) in [5.74, 6) is -1.54. The zero-order valence-electron chi connectivity index (χ0n) is 13.8. The van der Waals surface area contributed by atoms with Crippen molar-refractivity contribution in [3.63, 3.8) is 0 Å². The smallest absolute Gasteiger partial charge is 0.324 e. The second-order valence-corrected chi connectivity index (χ2v) is 6.10. The van der Waals surface area contributed by atoms with Crippen molar-refractivity contribution in [3.05, 3.63) is 63.6 Å². The third-order valence-corrected chi connectivity index (χ3v) is 4.51. The Hall–Kier alpha value is -2.22. The predicted octanol–water partition coefficient (Wildman–Crippen LogP) is 4.84. The average Bonchev–Trinajstić information content (AvgIpc) is 2.62. The van der Waals surface area contributed by atoms with Gasteiger partial charge in [-0.25, -0.2) is 0 Å². The van der Waals surface area contributed by atoms with Crippen LogP contribution >= 0.6 is 23.2 Å². The van der Waals surface area contributed by atoms with E-state index in [4.69, 9.17) is 32.7 Å². The maximum absolute atomic E-state index is 12.3. The highest BCUT2D eigenvalue weighted by Crippen LogP contribution is 2.37. The molecule has 0 saturated heterocycles. The molecule has 0 aliphatic heterocycles. The van der Waals surface area contributed by atoms with Gasteiger partial charge in [0, 0.05) is 5.92 Å². The first kappa shape index (κ1) is 19.1. The quantitative estimate of drug-likeness (QED) is 0.675. The normalized spacial score (nSPS) is 12.8. The first-order valence-electron chi connectivity index (χ1n) is 7.67. The first-order chi connectivity index (χ1) is 12.0. The second-order valence-electron chi connectivity index (χ2n) is 5.29. The van der Waals surface area contributed by atoms with Crippen LogP contribution in [0.4, 0.5) is 0 Å². The lowest BCUT2D eigenvalue weighted by atomic mass is 9.81. The highest BCUT2D eigenvalue weighted by atomic mass is 35.5. The lowest BCUT2D eigenvalue weighted by Crippen LogP contribution is -2.24. The van der Waals surface area contributed by atoms with Crippen LogP contribution < -0.4 is 4.74 Å². The Morgan fingerprint density at radius 2 is 1.88 bits per heavy atom. The third-order valence-electron chi connectivity index (χ3n) is 3.77. The Morgan fingerprint density at radius 1 is 1.16 bits per heavy atom. The van der Waals surface area contributed by atoms with Gasteiger partial charge in [0.15, 0.2) is 5.92 Å². The number of ether oxygens (including phenoxy) is 2. The van der Waals surface area contributed by atoms with Gasteiger partial charge in [0.25, 0.3) is 0 Å². The Bertz CT molecular complexity index is 801. The molecule has 0 unspecified atom stereocenters. The van der Waals surface area contributed by atoms with Crippen LogP contribution in [0.25, 0.3) is 0 Å². The molecule has 130 valence electrons. The maximum Gasteiger partial charge on any atom is 0.324 e. The number of benzene rings is 2. The molecule has 2 rings (SSSR count). The number of rotatable bonds is 6. The minimum Gasteiger partial charge on any atom is -0.497 e. The van der Waals surface area contributed by atoms with Gasteiger partial charge in [-0.1, -0.05) is 41.4 Å². The largest absolute Gasteiger partial charge is 0.497 e. The highest BCUT2D eigenvalue weighted by molar-refractivity contribution is 6.42. The van der Waals surface area contributed by atoms with E-state index < -0.39 is 17.8 Å². The van der Waals surface area contributed by atoms with E-state index in [-0.39, 0.29) is 6.61 Å². The fourth-order valence-corrected chi connectivity index (χ4v) is 2.92. The number of esters is 1. The zero-order chi connectivity index (χ0) is 18.4. The van der Waals surface area contributed by atoms with Gasteiger partial charge in [-0.2, -0.15) is 5.26 Å². The first-order valence-corrected chi connectivity index (χ1v) is 8.42. The molecule has 0 bridgehead atoms. The van der Waals surface area contributed by atoms with E-state index >= 15 is 0 Å². The molecule has 4 nitrogen and oxygen atoms in total. The SMILES string of the molecule is CCOC(=O)[C@H](C#N)[C@H](c1cccc(OC)c1)c1ccc(Cl)c(Cl)c1. The third kappa shape index (κ3) is 4.45. The van der Waals surface area contributed by atoms with E-state index in [1.807, 2.05) is 6.07 Å². The summed E-state index contributed by atoms with van der Waals surface area (Å²) >= 11 is 12.1. The van der Waals surface area contributed by atoms with Crippen molar-refractivity contribution in [3.8, 4) is 11.8 Å². The van der Waals surface area contributed by atoms with Crippen molar-refractivity contribution in [1.82, 2.24) is 0 Å². The number of methoxy groups -OCH3 is 1. The van der Waals surface area contributed by atoms with Crippen molar-refractivity contribution < 1.29 is 14.3 Å². The van der Waals surface area contributed by atoms with Gasteiger partial charge < -0.3 is 9.47 Å². The molecule has 0 N–H and O–H groups in total. The summed E-state index contributed by atoms with van der Waals surface area (Å²) in [6.45, 7) is 1.90. The number of hydrogen-bond donors (Lipinski definition) is 0. The van der Waals surface area contributed by atoms with Crippen LogP contribution in [0, 0.1) is 17.2 Å². The molecule has 2 aromatic carbocycles. The number of carbonyl (C=O) groups is 1. The number of carbonyl (C=O) groups excluding carboxylic acids is 1. The molecular weight excluding hydrogens is 361 g/mol. The van der Waals surface area contributed by atoms with Gasteiger partial charge in [-0.3, -0.25) is 4.79 Å². The number of halogens is 2. The summed E-state index contributed by atoms with van der Waals surface area (Å²) in [5.41, 5.74) is 1.44. The molecule has 0 radical (unpaired) electrons. The Labute approximate surface area is 156 Å². The van der Waals surface area contributed by atoms with Gasteiger partial charge in [-0.05, 0) is 42.3 Å². The fraction of sp³-hybridized carbons (Fsp3) is 0.263. The van der Waals surface area contributed by atoms with Crippen molar-refractivity contribution in [2.24, 2.45) is 5.92 Å². The Morgan fingerprint density at radius 3 is 2.48 bits per heavy atom. The minimum atomic E-state index is -1.02. The molecule has 0 fully saturated rings. The van der Waals surface area contributed by atoms with Gasteiger partial charge >= 0.3 is 5.97 Å². The van der Waals surface area contributed by atoms with Crippen LogP contribution in [0.1, 0.15) is 24.0 Å². The molecule has 0 aromatic heterocycles. The number of nitriles is 1. The van der Waals surface area contributed by atoms with Crippen molar-refractivity contribution in [2.75, 3.05) is 13.7 Å². The van der Waals surface area contributed by atoms with Crippen LogP contribution in [0.2, 0.25) is 10.0 Å². The van der Waals surface area contributed by atoms with Crippen molar-refractivity contribution >= 4 is 29.2 Å². The molecule has 0 aliphatic rings. The lowest BCUT2D eigenvalue weighted by Gasteiger charge is -2.22. The van der Waals surface area contributed by atoms with E-state index in [0.717, 1.165) is 5.56 Å². The molecular formula is C19H17Cl2NO3. The molecule has 0 spiro atoms. The van der Waals surface area contributed by atoms with Crippen molar-refractivity contribution in [2.45, 2.75) is 12.8 Å². The molecule has 0 saturated carbocycles. The molecule has 6 heteroatoms. The topological polar surface area (TPSA) is 59.3 Å². The van der Waals surface area contributed by atoms with Crippen LogP contribution in [0.3, 0.4) is 0 Å². The molecule has 25 heavy (non-hydrogen) atoms. The number of hydrogen-bond acceptors (Lipinski definition) is 4. The average molecular weight is 378 g/mol. The van der Waals surface area contributed by atoms with E-state index in [1.54, 1.807) is 50.4 Å². The van der Waals surface area contributed by atoms with E-state index in [1.165, 1.54) is 0 Å². The van der Waals surface area contributed by atoms with Gasteiger partial charge in [0.05, 0.1) is 29.8 Å². The minimum absolute atomic E-state index is 0.198. The Kier molecular flexibility index (Phi) is 6.69. The highest BCUT2D eigenvalue weighted by Gasteiger charge is 2.33. The lowest BCUT2D eigenvalue weighted by molar-refractivity contribution is -0.146. The summed E-state index contributed by atoms with van der Waals surface area (Å²) in [7, 11) is 1.56. The second kappa shape index (κ2) is 8.75. The number of nitrogens with zero attached hydrogens (tertiary/aromatic N) is 1. The zero-order valence-corrected chi connectivity index (χ0v) is 15.3. The molecule has 0 aliphatic carbocycles. The van der Waals surface area contributed by atoms with Crippen molar-refractivity contribution in [1.29, 1.82) is 5.26 Å². The van der Waals surface area contributed by atoms with Gasteiger partial charge in [-0.15, -0.1) is 0 Å². The van der Waals surface area contributed by atoms with Crippen LogP contribution in [0.15, 0.2) is 42.5 Å². The molecule has 2 atom stereocenters. The summed E-state index contributed by atoms with van der Waals surface area (Å²) in [4.78, 5) is 12.3. The molecule has 2 aromatic rings. The maximum atomic E-state index is 12.3. The van der Waals surface area contributed by atoms with Gasteiger partial charge in [0.2, 0.25) is 0 Å². The molecule has 0 amide bonds. The Balaban J connectivity index is 2.59.